The maximum atomic E-state index is 12.3. The zero-order chi connectivity index (χ0) is 17.1. The topological polar surface area (TPSA) is 50.4 Å². The van der Waals surface area contributed by atoms with Crippen molar-refractivity contribution in [2.45, 2.75) is 47.5 Å². The second kappa shape index (κ2) is 6.86. The maximum Gasteiger partial charge on any atom is 0.192 e. The number of fused-ring (bicyclic) bond motifs is 1. The number of aryl methyl sites for hydroxylation is 1. The molecule has 1 N–H and O–H groups in total. The van der Waals surface area contributed by atoms with Gasteiger partial charge in [0.1, 0.15) is 17.1 Å². The number of phenols is 1. The molecule has 0 atom stereocenters. The minimum absolute atomic E-state index is 0.0688. The SMILES string of the molecule is CC(C)=CCc1cc2c(=O)cc(C)oc2c(CC=C(C)C)c1O. The molecule has 0 saturated carbocycles. The number of benzene rings is 1. The standard InChI is InChI=1S/C20H24O3/c1-12(2)6-8-15-11-17-18(21)10-14(5)23-20(17)16(19(15)22)9-7-13(3)4/h6-7,10-11,22H,8-9H2,1-5H3. The van der Waals surface area contributed by atoms with Crippen LogP contribution in [0.25, 0.3) is 11.0 Å². The molecule has 2 aromatic rings. The van der Waals surface area contributed by atoms with E-state index < -0.39 is 0 Å². The van der Waals surface area contributed by atoms with Gasteiger partial charge in [-0.3, -0.25) is 4.79 Å². The minimum Gasteiger partial charge on any atom is -0.507 e. The van der Waals surface area contributed by atoms with E-state index in [2.05, 4.69) is 0 Å². The van der Waals surface area contributed by atoms with E-state index in [4.69, 9.17) is 4.42 Å². The lowest BCUT2D eigenvalue weighted by Crippen LogP contribution is -2.04. The Morgan fingerprint density at radius 2 is 1.70 bits per heavy atom. The summed E-state index contributed by atoms with van der Waals surface area (Å²) in [5.41, 5.74) is 4.19. The predicted molar refractivity (Wildman–Crippen MR) is 95.2 cm³/mol. The molecule has 0 fully saturated rings. The summed E-state index contributed by atoms with van der Waals surface area (Å²) in [6, 6.07) is 3.25. The third-order valence-electron chi connectivity index (χ3n) is 3.73. The first-order valence-electron chi connectivity index (χ1n) is 7.84. The van der Waals surface area contributed by atoms with Gasteiger partial charge in [0, 0.05) is 11.6 Å². The van der Waals surface area contributed by atoms with E-state index in [0.717, 1.165) is 11.1 Å². The molecule has 0 aliphatic heterocycles. The normalized spacial score (nSPS) is 10.7. The summed E-state index contributed by atoms with van der Waals surface area (Å²) in [5, 5.41) is 11.2. The van der Waals surface area contributed by atoms with E-state index in [0.29, 0.717) is 35.1 Å². The molecular weight excluding hydrogens is 288 g/mol. The van der Waals surface area contributed by atoms with Gasteiger partial charge < -0.3 is 9.52 Å². The van der Waals surface area contributed by atoms with Crippen LogP contribution in [0.3, 0.4) is 0 Å². The lowest BCUT2D eigenvalue weighted by Gasteiger charge is -2.12. The van der Waals surface area contributed by atoms with E-state index in [1.165, 1.54) is 11.6 Å². The second-order valence-electron chi connectivity index (χ2n) is 6.43. The maximum absolute atomic E-state index is 12.3. The number of allylic oxidation sites excluding steroid dienone is 4. The second-order valence-corrected chi connectivity index (χ2v) is 6.43. The molecule has 2 rings (SSSR count). The molecule has 0 saturated heterocycles. The van der Waals surface area contributed by atoms with Crippen LogP contribution in [0.2, 0.25) is 0 Å². The van der Waals surface area contributed by atoms with Gasteiger partial charge >= 0.3 is 0 Å². The van der Waals surface area contributed by atoms with Crippen molar-refractivity contribution in [2.24, 2.45) is 0 Å². The van der Waals surface area contributed by atoms with E-state index in [1.807, 2.05) is 39.8 Å². The Kier molecular flexibility index (Phi) is 5.09. The fourth-order valence-electron chi connectivity index (χ4n) is 2.49. The van der Waals surface area contributed by atoms with Gasteiger partial charge in [-0.2, -0.15) is 0 Å². The van der Waals surface area contributed by atoms with Crippen molar-refractivity contribution in [1.82, 2.24) is 0 Å². The summed E-state index contributed by atoms with van der Waals surface area (Å²) in [5.74, 6) is 0.777. The Morgan fingerprint density at radius 1 is 1.09 bits per heavy atom. The minimum atomic E-state index is -0.0688. The van der Waals surface area contributed by atoms with Crippen molar-refractivity contribution in [1.29, 1.82) is 0 Å². The van der Waals surface area contributed by atoms with Gasteiger partial charge in [0.15, 0.2) is 5.43 Å². The molecule has 0 aliphatic rings. The number of aromatic hydroxyl groups is 1. The molecule has 1 heterocycles. The number of phenolic OH excluding ortho intramolecular Hbond substituents is 1. The van der Waals surface area contributed by atoms with Gasteiger partial charge in [-0.05, 0) is 59.1 Å². The van der Waals surface area contributed by atoms with Gasteiger partial charge in [0.25, 0.3) is 0 Å². The first kappa shape index (κ1) is 17.1. The summed E-state index contributed by atoms with van der Waals surface area (Å²) < 4.78 is 5.76. The third-order valence-corrected chi connectivity index (χ3v) is 3.73. The summed E-state index contributed by atoms with van der Waals surface area (Å²) in [7, 11) is 0. The van der Waals surface area contributed by atoms with Crippen molar-refractivity contribution in [3.05, 3.63) is 62.5 Å². The van der Waals surface area contributed by atoms with E-state index >= 15 is 0 Å². The Hall–Kier alpha value is -2.29. The molecule has 0 amide bonds. The first-order valence-corrected chi connectivity index (χ1v) is 7.84. The zero-order valence-corrected chi connectivity index (χ0v) is 14.5. The van der Waals surface area contributed by atoms with Crippen LogP contribution in [0.1, 0.15) is 44.6 Å². The molecule has 0 aliphatic carbocycles. The molecular formula is C20H24O3. The largest absolute Gasteiger partial charge is 0.507 e. The molecule has 3 nitrogen and oxygen atoms in total. The van der Waals surface area contributed by atoms with E-state index in [9.17, 15) is 9.90 Å². The van der Waals surface area contributed by atoms with Crippen molar-refractivity contribution >= 4 is 11.0 Å². The summed E-state index contributed by atoms with van der Waals surface area (Å²) in [6.07, 6.45) is 5.21. The predicted octanol–water partition coefficient (Wildman–Crippen LogP) is 4.82. The first-order chi connectivity index (χ1) is 10.8. The molecule has 0 bridgehead atoms. The fourth-order valence-corrected chi connectivity index (χ4v) is 2.49. The van der Waals surface area contributed by atoms with E-state index in [1.54, 1.807) is 13.0 Å². The average molecular weight is 312 g/mol. The van der Waals surface area contributed by atoms with Crippen LogP contribution < -0.4 is 5.43 Å². The number of hydrogen-bond donors (Lipinski definition) is 1. The quantitative estimate of drug-likeness (QED) is 0.823. The summed E-state index contributed by atoms with van der Waals surface area (Å²) in [4.78, 5) is 12.3. The molecule has 3 heteroatoms. The van der Waals surface area contributed by atoms with Gasteiger partial charge in [-0.25, -0.2) is 0 Å². The van der Waals surface area contributed by atoms with Crippen molar-refractivity contribution in [2.75, 3.05) is 0 Å². The highest BCUT2D eigenvalue weighted by Gasteiger charge is 2.16. The Labute approximate surface area is 137 Å². The molecule has 0 unspecified atom stereocenters. The fraction of sp³-hybridized carbons (Fsp3) is 0.350. The highest BCUT2D eigenvalue weighted by molar-refractivity contribution is 5.84. The van der Waals surface area contributed by atoms with Crippen molar-refractivity contribution in [3.8, 4) is 5.75 Å². The molecule has 23 heavy (non-hydrogen) atoms. The molecule has 1 aromatic heterocycles. The smallest absolute Gasteiger partial charge is 0.192 e. The van der Waals surface area contributed by atoms with Gasteiger partial charge in [-0.1, -0.05) is 23.3 Å². The number of hydrogen-bond acceptors (Lipinski definition) is 3. The summed E-state index contributed by atoms with van der Waals surface area (Å²) >= 11 is 0. The van der Waals surface area contributed by atoms with Gasteiger partial charge in [0.05, 0.1) is 5.39 Å². The monoisotopic (exact) mass is 312 g/mol. The van der Waals surface area contributed by atoms with Crippen LogP contribution in [0.4, 0.5) is 0 Å². The Morgan fingerprint density at radius 3 is 2.30 bits per heavy atom. The zero-order valence-electron chi connectivity index (χ0n) is 14.5. The third kappa shape index (κ3) is 3.92. The van der Waals surface area contributed by atoms with Crippen LogP contribution in [0.5, 0.6) is 5.75 Å². The number of rotatable bonds is 4. The lowest BCUT2D eigenvalue weighted by atomic mass is 9.98. The molecule has 0 radical (unpaired) electrons. The van der Waals surface area contributed by atoms with Crippen LogP contribution in [-0.2, 0) is 12.8 Å². The highest BCUT2D eigenvalue weighted by atomic mass is 16.3. The molecule has 1 aromatic carbocycles. The summed E-state index contributed by atoms with van der Waals surface area (Å²) in [6.45, 7) is 9.79. The van der Waals surface area contributed by atoms with Gasteiger partial charge in [0.2, 0.25) is 0 Å². The highest BCUT2D eigenvalue weighted by Crippen LogP contribution is 2.32. The average Bonchev–Trinajstić information content (AvgIpc) is 2.44. The van der Waals surface area contributed by atoms with Crippen LogP contribution in [0, 0.1) is 6.92 Å². The molecule has 0 spiro atoms. The van der Waals surface area contributed by atoms with Crippen molar-refractivity contribution in [3.63, 3.8) is 0 Å². The molecule has 122 valence electrons. The van der Waals surface area contributed by atoms with Crippen LogP contribution in [-0.4, -0.2) is 5.11 Å². The Bertz CT molecular complexity index is 843. The van der Waals surface area contributed by atoms with E-state index in [-0.39, 0.29) is 11.2 Å². The Balaban J connectivity index is 2.75. The van der Waals surface area contributed by atoms with Crippen LogP contribution >= 0.6 is 0 Å². The van der Waals surface area contributed by atoms with Crippen LogP contribution in [0.15, 0.2) is 44.6 Å². The van der Waals surface area contributed by atoms with Crippen molar-refractivity contribution < 1.29 is 9.52 Å². The lowest BCUT2D eigenvalue weighted by molar-refractivity contribution is 0.461. The van der Waals surface area contributed by atoms with Gasteiger partial charge in [-0.15, -0.1) is 0 Å².